The summed E-state index contributed by atoms with van der Waals surface area (Å²) in [6.45, 7) is 5.04. The van der Waals surface area contributed by atoms with Crippen LogP contribution in [0.5, 0.6) is 5.75 Å². The lowest BCUT2D eigenvalue weighted by atomic mass is 9.96. The summed E-state index contributed by atoms with van der Waals surface area (Å²) in [7, 11) is 0. The van der Waals surface area contributed by atoms with Crippen molar-refractivity contribution in [1.82, 2.24) is 15.6 Å². The molecule has 4 rings (SSSR count). The number of halogens is 5. The van der Waals surface area contributed by atoms with Crippen LogP contribution in [0.4, 0.5) is 19.0 Å². The van der Waals surface area contributed by atoms with Gasteiger partial charge < -0.3 is 25.4 Å². The maximum atomic E-state index is 13.3. The molecule has 2 atom stereocenters. The summed E-state index contributed by atoms with van der Waals surface area (Å²) in [5, 5.41) is 15.9. The maximum absolute atomic E-state index is 13.3. The van der Waals surface area contributed by atoms with E-state index in [0.717, 1.165) is 12.8 Å². The molecule has 0 saturated carbocycles. The zero-order valence-electron chi connectivity index (χ0n) is 23.1. The molecule has 224 valence electrons. The van der Waals surface area contributed by atoms with Crippen LogP contribution in [0.3, 0.4) is 0 Å². The summed E-state index contributed by atoms with van der Waals surface area (Å²) >= 11 is 12.6. The minimum atomic E-state index is -4.49. The van der Waals surface area contributed by atoms with E-state index in [1.165, 1.54) is 24.4 Å². The number of alkyl halides is 3. The fourth-order valence-corrected chi connectivity index (χ4v) is 6.03. The Kier molecular flexibility index (Phi) is 8.74. The van der Waals surface area contributed by atoms with Crippen molar-refractivity contribution < 1.29 is 32.6 Å². The SMILES string of the molecule is CC(C)(Oc1cc(C(C)(C)O)c(Cl)cc1Cl)C(=O)NC1CC2CCC(C1)N2c1ccc(C(=O)NCC(F)(F)F)cn1. The number of hydrogen-bond acceptors (Lipinski definition) is 6. The number of hydrogen-bond donors (Lipinski definition) is 3. The number of benzene rings is 1. The van der Waals surface area contributed by atoms with Gasteiger partial charge in [-0.1, -0.05) is 23.2 Å². The topological polar surface area (TPSA) is 104 Å². The Labute approximate surface area is 246 Å². The van der Waals surface area contributed by atoms with Gasteiger partial charge in [-0.2, -0.15) is 13.2 Å². The number of pyridine rings is 1. The molecular weight excluding hydrogens is 584 g/mol. The monoisotopic (exact) mass is 616 g/mol. The van der Waals surface area contributed by atoms with Crippen LogP contribution in [0.2, 0.25) is 10.0 Å². The molecule has 2 fully saturated rings. The van der Waals surface area contributed by atoms with Crippen LogP contribution in [0.1, 0.15) is 69.3 Å². The van der Waals surface area contributed by atoms with Crippen molar-refractivity contribution in [2.24, 2.45) is 0 Å². The van der Waals surface area contributed by atoms with Crippen molar-refractivity contribution in [1.29, 1.82) is 0 Å². The van der Waals surface area contributed by atoms with Crippen LogP contribution in [0, 0.1) is 0 Å². The highest BCUT2D eigenvalue weighted by atomic mass is 35.5. The van der Waals surface area contributed by atoms with Crippen molar-refractivity contribution >= 4 is 40.8 Å². The van der Waals surface area contributed by atoms with E-state index in [2.05, 4.69) is 15.2 Å². The van der Waals surface area contributed by atoms with E-state index in [1.54, 1.807) is 33.8 Å². The highest BCUT2D eigenvalue weighted by Crippen LogP contribution is 2.40. The average Bonchev–Trinajstić information content (AvgIpc) is 3.13. The molecule has 41 heavy (non-hydrogen) atoms. The van der Waals surface area contributed by atoms with Gasteiger partial charge in [-0.25, -0.2) is 4.98 Å². The predicted octanol–water partition coefficient (Wildman–Crippen LogP) is 5.38. The van der Waals surface area contributed by atoms with Gasteiger partial charge >= 0.3 is 6.18 Å². The van der Waals surface area contributed by atoms with E-state index < -0.39 is 29.8 Å². The van der Waals surface area contributed by atoms with Crippen LogP contribution in [0.25, 0.3) is 0 Å². The van der Waals surface area contributed by atoms with E-state index in [-0.39, 0.29) is 45.4 Å². The molecule has 2 amide bonds. The van der Waals surface area contributed by atoms with Crippen molar-refractivity contribution in [3.8, 4) is 5.75 Å². The average molecular weight is 617 g/mol. The highest BCUT2D eigenvalue weighted by molar-refractivity contribution is 6.36. The van der Waals surface area contributed by atoms with Crippen LogP contribution in [0.15, 0.2) is 30.5 Å². The molecule has 8 nitrogen and oxygen atoms in total. The molecule has 3 heterocycles. The van der Waals surface area contributed by atoms with Gasteiger partial charge in [-0.3, -0.25) is 9.59 Å². The Morgan fingerprint density at radius 1 is 1.07 bits per heavy atom. The number of aliphatic hydroxyl groups is 1. The van der Waals surface area contributed by atoms with Gasteiger partial charge in [0.1, 0.15) is 18.1 Å². The minimum absolute atomic E-state index is 0.0465. The second-order valence-corrected chi connectivity index (χ2v) is 12.4. The molecule has 1 aromatic heterocycles. The van der Waals surface area contributed by atoms with Crippen molar-refractivity contribution in [2.45, 2.75) is 88.9 Å². The van der Waals surface area contributed by atoms with Crippen LogP contribution in [-0.2, 0) is 10.4 Å². The Bertz CT molecular complexity index is 1280. The van der Waals surface area contributed by atoms with E-state index in [9.17, 15) is 27.9 Å². The van der Waals surface area contributed by atoms with Gasteiger partial charge in [0.05, 0.1) is 16.2 Å². The molecule has 2 saturated heterocycles. The molecule has 0 spiro atoms. The van der Waals surface area contributed by atoms with Crippen molar-refractivity contribution in [3.63, 3.8) is 0 Å². The lowest BCUT2D eigenvalue weighted by Gasteiger charge is -2.41. The van der Waals surface area contributed by atoms with Gasteiger partial charge in [0.25, 0.3) is 11.8 Å². The van der Waals surface area contributed by atoms with Crippen molar-refractivity contribution in [2.75, 3.05) is 11.4 Å². The third-order valence-corrected chi connectivity index (χ3v) is 7.99. The summed E-state index contributed by atoms with van der Waals surface area (Å²) in [4.78, 5) is 31.8. The van der Waals surface area contributed by atoms with Crippen molar-refractivity contribution in [3.05, 3.63) is 51.6 Å². The quantitative estimate of drug-likeness (QED) is 0.368. The first-order valence-electron chi connectivity index (χ1n) is 13.3. The highest BCUT2D eigenvalue weighted by Gasteiger charge is 2.43. The standard InChI is InChI=1S/C28H33Cl2F3N4O4/c1-26(2,40)19-11-22(21(30)12-20(19)29)41-27(3,4)25(39)36-16-9-17-6-7-18(10-16)37(17)23-8-5-15(13-34-23)24(38)35-14-28(31,32)33/h5,8,11-13,16-18,40H,6-7,9-10,14H2,1-4H3,(H,35,38)(H,36,39). The molecule has 3 N–H and O–H groups in total. The summed E-state index contributed by atoms with van der Waals surface area (Å²) in [6.07, 6.45) is -0.0951. The van der Waals surface area contributed by atoms with Gasteiger partial charge in [-0.05, 0) is 77.6 Å². The summed E-state index contributed by atoms with van der Waals surface area (Å²) < 4.78 is 43.2. The van der Waals surface area contributed by atoms with Crippen LogP contribution in [-0.4, -0.2) is 58.4 Å². The maximum Gasteiger partial charge on any atom is 0.405 e. The Hall–Kier alpha value is -2.76. The molecule has 1 aromatic carbocycles. The first kappa shape index (κ1) is 31.2. The van der Waals surface area contributed by atoms with E-state index in [4.69, 9.17) is 27.9 Å². The molecule has 0 aliphatic carbocycles. The van der Waals surface area contributed by atoms with Crippen LogP contribution < -0.4 is 20.3 Å². The van der Waals surface area contributed by atoms with Gasteiger partial charge in [0.2, 0.25) is 0 Å². The first-order valence-corrected chi connectivity index (χ1v) is 14.0. The fourth-order valence-electron chi connectivity index (χ4n) is 5.38. The number of anilines is 1. The largest absolute Gasteiger partial charge is 0.476 e. The van der Waals surface area contributed by atoms with E-state index in [1.807, 2.05) is 5.32 Å². The minimum Gasteiger partial charge on any atom is -0.476 e. The molecule has 2 bridgehead atoms. The molecule has 2 aromatic rings. The Morgan fingerprint density at radius 3 is 2.24 bits per heavy atom. The lowest BCUT2D eigenvalue weighted by Crippen LogP contribution is -2.55. The molecular formula is C28H33Cl2F3N4O4. The molecule has 0 radical (unpaired) electrons. The number of rotatable bonds is 8. The number of nitrogens with zero attached hydrogens (tertiary/aromatic N) is 2. The van der Waals surface area contributed by atoms with Crippen LogP contribution >= 0.6 is 23.2 Å². The summed E-state index contributed by atoms with van der Waals surface area (Å²) in [5.41, 5.74) is -2.06. The molecule has 2 aliphatic rings. The number of amides is 2. The second-order valence-electron chi connectivity index (χ2n) is 11.6. The number of carbonyl (C=O) groups is 2. The number of piperidine rings is 1. The Balaban J connectivity index is 1.38. The van der Waals surface area contributed by atoms with Gasteiger partial charge in [0, 0.05) is 34.9 Å². The third-order valence-electron chi connectivity index (χ3n) is 7.38. The number of nitrogens with one attached hydrogen (secondary N) is 2. The van der Waals surface area contributed by atoms with E-state index in [0.29, 0.717) is 24.2 Å². The number of carbonyl (C=O) groups excluding carboxylic acids is 2. The first-order chi connectivity index (χ1) is 18.9. The van der Waals surface area contributed by atoms with Gasteiger partial charge in [0.15, 0.2) is 5.60 Å². The normalized spacial score (nSPS) is 21.0. The third kappa shape index (κ3) is 7.37. The number of ether oxygens (including phenoxy) is 1. The summed E-state index contributed by atoms with van der Waals surface area (Å²) in [5.74, 6) is -0.298. The zero-order chi connectivity index (χ0) is 30.3. The fraction of sp³-hybridized carbons (Fsp3) is 0.536. The molecule has 2 aliphatic heterocycles. The zero-order valence-corrected chi connectivity index (χ0v) is 24.6. The Morgan fingerprint density at radius 2 is 1.71 bits per heavy atom. The summed E-state index contributed by atoms with van der Waals surface area (Å²) in [6, 6.07) is 6.20. The number of fused-ring (bicyclic) bond motifs is 2. The molecule has 13 heteroatoms. The second kappa shape index (κ2) is 11.5. The predicted molar refractivity (Wildman–Crippen MR) is 149 cm³/mol. The van der Waals surface area contributed by atoms with E-state index >= 15 is 0 Å². The lowest BCUT2D eigenvalue weighted by molar-refractivity contribution is -0.135. The number of aromatic nitrogens is 1. The van der Waals surface area contributed by atoms with Gasteiger partial charge in [-0.15, -0.1) is 0 Å². The molecule has 2 unspecified atom stereocenters. The smallest absolute Gasteiger partial charge is 0.405 e.